The zero-order valence-electron chi connectivity index (χ0n) is 12.0. The van der Waals surface area contributed by atoms with E-state index in [1.807, 2.05) is 0 Å². The second-order valence-electron chi connectivity index (χ2n) is 4.55. The fourth-order valence-electron chi connectivity index (χ4n) is 1.87. The van der Waals surface area contributed by atoms with Gasteiger partial charge in [-0.15, -0.1) is 0 Å². The molecule has 1 amide bonds. The smallest absolute Gasteiger partial charge is 0.326 e. The van der Waals surface area contributed by atoms with Crippen molar-refractivity contribution in [2.24, 2.45) is 0 Å². The highest BCUT2D eigenvalue weighted by Gasteiger charge is 2.29. The molecular weight excluding hydrogens is 317 g/mol. The Balaban J connectivity index is 2.80. The molecule has 1 aromatic rings. The molecule has 5 nitrogen and oxygen atoms in total. The number of nitrogens with zero attached hydrogens (tertiary/aromatic N) is 1. The predicted octanol–water partition coefficient (Wildman–Crippen LogP) is 3.08. The van der Waals surface area contributed by atoms with Gasteiger partial charge in [-0.3, -0.25) is 4.79 Å². The van der Waals surface area contributed by atoms with Crippen molar-refractivity contribution in [3.8, 4) is 5.75 Å². The number of ether oxygens (including phenoxy) is 1. The standard InChI is InChI=1S/C14H17Cl2NO4/c1-4-11(14(19)20)17(3)13(18)8(2)21-12-6-5-9(15)7-10(12)16/h5-8,11H,4H2,1-3H3,(H,19,20). The van der Waals surface area contributed by atoms with Crippen LogP contribution in [0.4, 0.5) is 0 Å². The summed E-state index contributed by atoms with van der Waals surface area (Å²) in [7, 11) is 1.44. The molecule has 1 aromatic carbocycles. The van der Waals surface area contributed by atoms with E-state index in [4.69, 9.17) is 33.0 Å². The van der Waals surface area contributed by atoms with Crippen LogP contribution in [0.25, 0.3) is 0 Å². The first kappa shape index (κ1) is 17.6. The first-order valence-corrected chi connectivity index (χ1v) is 7.14. The van der Waals surface area contributed by atoms with Gasteiger partial charge in [0.25, 0.3) is 5.91 Å². The number of likely N-dealkylation sites (N-methyl/N-ethyl adjacent to an activating group) is 1. The molecule has 1 rings (SSSR count). The van der Waals surface area contributed by atoms with Gasteiger partial charge in [0.05, 0.1) is 5.02 Å². The van der Waals surface area contributed by atoms with Crippen LogP contribution in [0.2, 0.25) is 10.0 Å². The molecular formula is C14H17Cl2NO4. The number of hydrogen-bond acceptors (Lipinski definition) is 3. The minimum Gasteiger partial charge on any atom is -0.480 e. The van der Waals surface area contributed by atoms with E-state index in [-0.39, 0.29) is 5.02 Å². The van der Waals surface area contributed by atoms with Crippen molar-refractivity contribution in [3.63, 3.8) is 0 Å². The second kappa shape index (κ2) is 7.52. The van der Waals surface area contributed by atoms with Gasteiger partial charge in [-0.05, 0) is 31.5 Å². The molecule has 0 saturated carbocycles. The average Bonchev–Trinajstić information content (AvgIpc) is 2.41. The lowest BCUT2D eigenvalue weighted by Crippen LogP contribution is -2.47. The molecule has 0 spiro atoms. The Morgan fingerprint density at radius 3 is 2.48 bits per heavy atom. The van der Waals surface area contributed by atoms with Crippen LogP contribution >= 0.6 is 23.2 Å². The Hall–Kier alpha value is -1.46. The van der Waals surface area contributed by atoms with Crippen LogP contribution in [0.1, 0.15) is 20.3 Å². The second-order valence-corrected chi connectivity index (χ2v) is 5.39. The third-order valence-corrected chi connectivity index (χ3v) is 3.56. The number of carbonyl (C=O) groups excluding carboxylic acids is 1. The first-order chi connectivity index (χ1) is 9.77. The molecule has 0 aliphatic carbocycles. The molecule has 116 valence electrons. The molecule has 1 N–H and O–H groups in total. The van der Waals surface area contributed by atoms with Crippen LogP contribution in [-0.4, -0.2) is 41.1 Å². The lowest BCUT2D eigenvalue weighted by atomic mass is 10.2. The summed E-state index contributed by atoms with van der Waals surface area (Å²) in [6.07, 6.45) is -0.548. The van der Waals surface area contributed by atoms with Gasteiger partial charge in [0.1, 0.15) is 11.8 Å². The molecule has 0 radical (unpaired) electrons. The van der Waals surface area contributed by atoms with Crippen molar-refractivity contribution in [2.45, 2.75) is 32.4 Å². The van der Waals surface area contributed by atoms with Crippen molar-refractivity contribution >= 4 is 35.1 Å². The van der Waals surface area contributed by atoms with Crippen molar-refractivity contribution in [2.75, 3.05) is 7.05 Å². The van der Waals surface area contributed by atoms with E-state index in [9.17, 15) is 9.59 Å². The van der Waals surface area contributed by atoms with Crippen molar-refractivity contribution in [1.82, 2.24) is 4.90 Å². The van der Waals surface area contributed by atoms with E-state index in [0.717, 1.165) is 4.90 Å². The van der Waals surface area contributed by atoms with Crippen LogP contribution in [0.3, 0.4) is 0 Å². The summed E-state index contributed by atoms with van der Waals surface area (Å²) in [6, 6.07) is 3.77. The SMILES string of the molecule is CCC(C(=O)O)N(C)C(=O)C(C)Oc1ccc(Cl)cc1Cl. The number of benzene rings is 1. The van der Waals surface area contributed by atoms with Crippen LogP contribution in [0.5, 0.6) is 5.75 Å². The Morgan fingerprint density at radius 2 is 2.00 bits per heavy atom. The largest absolute Gasteiger partial charge is 0.480 e. The minimum absolute atomic E-state index is 0.287. The van der Waals surface area contributed by atoms with Crippen LogP contribution in [-0.2, 0) is 9.59 Å². The summed E-state index contributed by atoms with van der Waals surface area (Å²) in [5.41, 5.74) is 0. The van der Waals surface area contributed by atoms with Gasteiger partial charge in [-0.1, -0.05) is 30.1 Å². The number of carboxylic acids is 1. The molecule has 0 bridgehead atoms. The molecule has 0 aliphatic rings. The summed E-state index contributed by atoms with van der Waals surface area (Å²) in [5, 5.41) is 9.81. The molecule has 2 atom stereocenters. The number of carboxylic acid groups (broad SMARTS) is 1. The first-order valence-electron chi connectivity index (χ1n) is 6.39. The average molecular weight is 334 g/mol. The monoisotopic (exact) mass is 333 g/mol. The zero-order valence-corrected chi connectivity index (χ0v) is 13.5. The molecule has 0 heterocycles. The third-order valence-electron chi connectivity index (χ3n) is 3.03. The topological polar surface area (TPSA) is 66.8 Å². The number of halogens is 2. The van der Waals surface area contributed by atoms with Crippen LogP contribution < -0.4 is 4.74 Å². The number of amides is 1. The van der Waals surface area contributed by atoms with E-state index < -0.39 is 24.0 Å². The van der Waals surface area contributed by atoms with E-state index in [1.54, 1.807) is 26.0 Å². The van der Waals surface area contributed by atoms with Crippen molar-refractivity contribution in [1.29, 1.82) is 0 Å². The summed E-state index contributed by atoms with van der Waals surface area (Å²) in [6.45, 7) is 3.24. The summed E-state index contributed by atoms with van der Waals surface area (Å²) >= 11 is 11.8. The molecule has 21 heavy (non-hydrogen) atoms. The Bertz CT molecular complexity index is 536. The van der Waals surface area contributed by atoms with E-state index in [2.05, 4.69) is 0 Å². The van der Waals surface area contributed by atoms with Gasteiger partial charge in [0.2, 0.25) is 0 Å². The number of carbonyl (C=O) groups is 2. The van der Waals surface area contributed by atoms with Crippen molar-refractivity contribution in [3.05, 3.63) is 28.2 Å². The van der Waals surface area contributed by atoms with Gasteiger partial charge < -0.3 is 14.7 Å². The maximum Gasteiger partial charge on any atom is 0.326 e. The molecule has 0 fully saturated rings. The molecule has 0 aliphatic heterocycles. The Kier molecular flexibility index (Phi) is 6.30. The van der Waals surface area contributed by atoms with Gasteiger partial charge in [0.15, 0.2) is 6.10 Å². The highest BCUT2D eigenvalue weighted by atomic mass is 35.5. The number of hydrogen-bond donors (Lipinski definition) is 1. The van der Waals surface area contributed by atoms with Gasteiger partial charge in [-0.25, -0.2) is 4.79 Å². The maximum absolute atomic E-state index is 12.2. The predicted molar refractivity (Wildman–Crippen MR) is 81.0 cm³/mol. The lowest BCUT2D eigenvalue weighted by molar-refractivity contribution is -0.151. The quantitative estimate of drug-likeness (QED) is 0.868. The number of aliphatic carboxylic acids is 1. The highest BCUT2D eigenvalue weighted by molar-refractivity contribution is 6.35. The normalized spacial score (nSPS) is 13.4. The fourth-order valence-corrected chi connectivity index (χ4v) is 2.32. The molecule has 7 heteroatoms. The summed E-state index contributed by atoms with van der Waals surface area (Å²) in [4.78, 5) is 24.4. The van der Waals surface area contributed by atoms with Gasteiger partial charge in [0, 0.05) is 12.1 Å². The summed E-state index contributed by atoms with van der Waals surface area (Å²) in [5.74, 6) is -1.17. The van der Waals surface area contributed by atoms with Crippen LogP contribution in [0, 0.1) is 0 Å². The molecule has 0 aromatic heterocycles. The third kappa shape index (κ3) is 4.51. The molecule has 2 unspecified atom stereocenters. The lowest BCUT2D eigenvalue weighted by Gasteiger charge is -2.27. The number of rotatable bonds is 6. The van der Waals surface area contributed by atoms with Gasteiger partial charge >= 0.3 is 5.97 Å². The Labute approximate surface area is 133 Å². The van der Waals surface area contributed by atoms with Crippen LogP contribution in [0.15, 0.2) is 18.2 Å². The van der Waals surface area contributed by atoms with Crippen molar-refractivity contribution < 1.29 is 19.4 Å². The zero-order chi connectivity index (χ0) is 16.2. The summed E-state index contributed by atoms with van der Waals surface area (Å²) < 4.78 is 5.48. The maximum atomic E-state index is 12.2. The van der Waals surface area contributed by atoms with E-state index >= 15 is 0 Å². The fraction of sp³-hybridized carbons (Fsp3) is 0.429. The van der Waals surface area contributed by atoms with Gasteiger partial charge in [-0.2, -0.15) is 0 Å². The highest BCUT2D eigenvalue weighted by Crippen LogP contribution is 2.28. The molecule has 0 saturated heterocycles. The Morgan fingerprint density at radius 1 is 1.38 bits per heavy atom. The van der Waals surface area contributed by atoms with E-state index in [0.29, 0.717) is 17.2 Å². The minimum atomic E-state index is -1.05. The van der Waals surface area contributed by atoms with E-state index in [1.165, 1.54) is 13.1 Å².